The van der Waals surface area contributed by atoms with Gasteiger partial charge in [-0.2, -0.15) is 0 Å². The van der Waals surface area contributed by atoms with Crippen LogP contribution in [0.2, 0.25) is 0 Å². The lowest BCUT2D eigenvalue weighted by Gasteiger charge is -2.29. The van der Waals surface area contributed by atoms with Crippen LogP contribution in [0, 0.1) is 0 Å². The van der Waals surface area contributed by atoms with Crippen LogP contribution in [0.3, 0.4) is 0 Å². The predicted octanol–water partition coefficient (Wildman–Crippen LogP) is 0.564. The normalized spacial score (nSPS) is 18.6. The summed E-state index contributed by atoms with van der Waals surface area (Å²) in [4.78, 5) is 13.8. The zero-order valence-corrected chi connectivity index (χ0v) is 11.8. The molecule has 1 saturated carbocycles. The minimum atomic E-state index is -3.70. The molecule has 0 unspecified atom stereocenters. The van der Waals surface area contributed by atoms with Gasteiger partial charge < -0.3 is 10.2 Å². The summed E-state index contributed by atoms with van der Waals surface area (Å²) in [5.41, 5.74) is 1.93. The van der Waals surface area contributed by atoms with Gasteiger partial charge in [0, 0.05) is 19.1 Å². The lowest BCUT2D eigenvalue weighted by Crippen LogP contribution is -2.43. The molecule has 1 aromatic rings. The number of nitrogens with zero attached hydrogens (tertiary/aromatic N) is 1. The molecule has 108 valence electrons. The predicted molar refractivity (Wildman–Crippen MR) is 73.5 cm³/mol. The smallest absolute Gasteiger partial charge is 0.317 e. The first-order valence-electron chi connectivity index (χ1n) is 6.63. The first-order chi connectivity index (χ1) is 9.43. The largest absolute Gasteiger partial charge is 0.335 e. The fourth-order valence-electron chi connectivity index (χ4n) is 2.38. The van der Waals surface area contributed by atoms with Crippen LogP contribution in [0.25, 0.3) is 0 Å². The molecule has 0 radical (unpaired) electrons. The maximum atomic E-state index is 12.0. The molecule has 3 rings (SSSR count). The molecular formula is C13H17N3O3S. The molecule has 1 aromatic carbocycles. The first-order valence-corrected chi connectivity index (χ1v) is 8.18. The second-order valence-corrected chi connectivity index (χ2v) is 6.93. The highest BCUT2D eigenvalue weighted by molar-refractivity contribution is 7.89. The monoisotopic (exact) mass is 295 g/mol. The van der Waals surface area contributed by atoms with E-state index in [1.165, 1.54) is 6.07 Å². The van der Waals surface area contributed by atoms with Gasteiger partial charge in [-0.3, -0.25) is 0 Å². The number of fused-ring (bicyclic) bond motifs is 1. The van der Waals surface area contributed by atoms with Gasteiger partial charge in [-0.05, 0) is 42.5 Å². The van der Waals surface area contributed by atoms with Crippen molar-refractivity contribution in [3.63, 3.8) is 0 Å². The van der Waals surface area contributed by atoms with Crippen molar-refractivity contribution >= 4 is 16.1 Å². The number of urea groups is 1. The molecule has 2 aliphatic rings. The van der Waals surface area contributed by atoms with Gasteiger partial charge in [0.1, 0.15) is 0 Å². The van der Waals surface area contributed by atoms with E-state index in [1.54, 1.807) is 17.0 Å². The Morgan fingerprint density at radius 3 is 2.70 bits per heavy atom. The highest BCUT2D eigenvalue weighted by Gasteiger charge is 2.28. The molecule has 1 aliphatic carbocycles. The molecule has 1 aliphatic heterocycles. The number of rotatable bonds is 2. The van der Waals surface area contributed by atoms with Crippen LogP contribution in [-0.4, -0.2) is 31.9 Å². The molecular weight excluding hydrogens is 278 g/mol. The van der Waals surface area contributed by atoms with E-state index in [0.29, 0.717) is 19.1 Å². The molecule has 0 spiro atoms. The van der Waals surface area contributed by atoms with Gasteiger partial charge in [0.05, 0.1) is 4.90 Å². The number of carbonyl (C=O) groups is 1. The number of hydrogen-bond donors (Lipinski definition) is 2. The summed E-state index contributed by atoms with van der Waals surface area (Å²) >= 11 is 0. The Hall–Kier alpha value is -1.60. The average Bonchev–Trinajstić information content (AvgIpc) is 3.20. The Bertz CT molecular complexity index is 653. The van der Waals surface area contributed by atoms with Crippen molar-refractivity contribution in [1.82, 2.24) is 10.2 Å². The van der Waals surface area contributed by atoms with Crippen molar-refractivity contribution in [3.05, 3.63) is 29.3 Å². The van der Waals surface area contributed by atoms with Crippen molar-refractivity contribution in [2.24, 2.45) is 5.14 Å². The molecule has 20 heavy (non-hydrogen) atoms. The minimum absolute atomic E-state index is 0.0702. The fourth-order valence-corrected chi connectivity index (χ4v) is 2.94. The Morgan fingerprint density at radius 1 is 1.30 bits per heavy atom. The summed E-state index contributed by atoms with van der Waals surface area (Å²) in [6.07, 6.45) is 2.83. The van der Waals surface area contributed by atoms with Crippen molar-refractivity contribution in [2.45, 2.75) is 36.7 Å². The van der Waals surface area contributed by atoms with Gasteiger partial charge in [-0.1, -0.05) is 6.07 Å². The van der Waals surface area contributed by atoms with Crippen LogP contribution in [0.4, 0.5) is 4.79 Å². The minimum Gasteiger partial charge on any atom is -0.335 e. The van der Waals surface area contributed by atoms with Gasteiger partial charge in [-0.15, -0.1) is 0 Å². The van der Waals surface area contributed by atoms with E-state index in [1.807, 2.05) is 0 Å². The molecule has 0 saturated heterocycles. The van der Waals surface area contributed by atoms with Crippen molar-refractivity contribution in [1.29, 1.82) is 0 Å². The number of nitrogens with two attached hydrogens (primary N) is 1. The first kappa shape index (κ1) is 13.4. The fraction of sp³-hybridized carbons (Fsp3) is 0.462. The summed E-state index contributed by atoms with van der Waals surface area (Å²) in [6, 6.07) is 5.12. The lowest BCUT2D eigenvalue weighted by molar-refractivity contribution is 0.192. The van der Waals surface area contributed by atoms with Crippen LogP contribution < -0.4 is 10.5 Å². The summed E-state index contributed by atoms with van der Waals surface area (Å²) in [5.74, 6) is 0. The number of primary sulfonamides is 1. The molecule has 3 N–H and O–H groups in total. The number of amides is 2. The molecule has 0 atom stereocenters. The summed E-state index contributed by atoms with van der Waals surface area (Å²) in [7, 11) is -3.70. The summed E-state index contributed by atoms with van der Waals surface area (Å²) in [6.45, 7) is 1.08. The molecule has 2 amide bonds. The maximum absolute atomic E-state index is 12.0. The van der Waals surface area contributed by atoms with Gasteiger partial charge in [0.15, 0.2) is 0 Å². The zero-order chi connectivity index (χ0) is 14.3. The van der Waals surface area contributed by atoms with Gasteiger partial charge in [0.25, 0.3) is 0 Å². The number of nitrogens with one attached hydrogen (secondary N) is 1. The van der Waals surface area contributed by atoms with Gasteiger partial charge in [-0.25, -0.2) is 18.4 Å². The second-order valence-electron chi connectivity index (χ2n) is 5.37. The number of benzene rings is 1. The van der Waals surface area contributed by atoms with Crippen molar-refractivity contribution in [2.75, 3.05) is 6.54 Å². The van der Waals surface area contributed by atoms with E-state index in [-0.39, 0.29) is 10.9 Å². The van der Waals surface area contributed by atoms with E-state index >= 15 is 0 Å². The Morgan fingerprint density at radius 2 is 2.05 bits per heavy atom. The molecule has 0 aromatic heterocycles. The second kappa shape index (κ2) is 4.75. The van der Waals surface area contributed by atoms with Crippen LogP contribution in [0.15, 0.2) is 23.1 Å². The molecule has 7 heteroatoms. The Kier molecular flexibility index (Phi) is 3.18. The standard InChI is InChI=1S/C13H17N3O3S/c14-20(18,19)12-4-1-9-5-6-16(8-10(9)7-12)13(17)15-11-2-3-11/h1,4,7,11H,2-3,5-6,8H2,(H,15,17)(H2,14,18,19). The van der Waals surface area contributed by atoms with Crippen LogP contribution in [0.5, 0.6) is 0 Å². The molecule has 6 nitrogen and oxygen atoms in total. The third kappa shape index (κ3) is 2.78. The number of carbonyl (C=O) groups excluding carboxylic acids is 1. The third-order valence-electron chi connectivity index (χ3n) is 3.71. The van der Waals surface area contributed by atoms with E-state index in [9.17, 15) is 13.2 Å². The zero-order valence-electron chi connectivity index (χ0n) is 11.0. The quantitative estimate of drug-likeness (QED) is 0.835. The Labute approximate surface area is 118 Å². The van der Waals surface area contributed by atoms with Gasteiger partial charge >= 0.3 is 6.03 Å². The van der Waals surface area contributed by atoms with Gasteiger partial charge in [0.2, 0.25) is 10.0 Å². The van der Waals surface area contributed by atoms with E-state index < -0.39 is 10.0 Å². The van der Waals surface area contributed by atoms with Crippen LogP contribution in [0.1, 0.15) is 24.0 Å². The highest BCUT2D eigenvalue weighted by atomic mass is 32.2. The Balaban J connectivity index is 1.80. The van der Waals surface area contributed by atoms with Crippen molar-refractivity contribution < 1.29 is 13.2 Å². The number of hydrogen-bond acceptors (Lipinski definition) is 3. The van der Waals surface area contributed by atoms with E-state index in [4.69, 9.17) is 5.14 Å². The number of sulfonamides is 1. The topological polar surface area (TPSA) is 92.5 Å². The molecule has 1 fully saturated rings. The SMILES string of the molecule is NS(=O)(=O)c1ccc2c(c1)CN(C(=O)NC1CC1)CC2. The highest BCUT2D eigenvalue weighted by Crippen LogP contribution is 2.23. The van der Waals surface area contributed by atoms with E-state index in [2.05, 4.69) is 5.32 Å². The van der Waals surface area contributed by atoms with Crippen LogP contribution in [-0.2, 0) is 23.0 Å². The molecule has 1 heterocycles. The summed E-state index contributed by atoms with van der Waals surface area (Å²) < 4.78 is 22.7. The lowest BCUT2D eigenvalue weighted by atomic mass is 10.0. The van der Waals surface area contributed by atoms with Crippen LogP contribution >= 0.6 is 0 Å². The summed E-state index contributed by atoms with van der Waals surface area (Å²) in [5, 5.41) is 8.08. The molecule has 0 bridgehead atoms. The average molecular weight is 295 g/mol. The van der Waals surface area contributed by atoms with E-state index in [0.717, 1.165) is 30.4 Å². The van der Waals surface area contributed by atoms with Crippen molar-refractivity contribution in [3.8, 4) is 0 Å². The maximum Gasteiger partial charge on any atom is 0.317 e. The third-order valence-corrected chi connectivity index (χ3v) is 4.62.